The van der Waals surface area contributed by atoms with Crippen molar-refractivity contribution in [2.75, 3.05) is 10.0 Å². The van der Waals surface area contributed by atoms with E-state index in [9.17, 15) is 13.2 Å². The molecule has 1 fully saturated rings. The van der Waals surface area contributed by atoms with Crippen molar-refractivity contribution in [2.45, 2.75) is 62.3 Å². The summed E-state index contributed by atoms with van der Waals surface area (Å²) in [7, 11) is -3.78. The van der Waals surface area contributed by atoms with Crippen molar-refractivity contribution in [1.82, 2.24) is 9.78 Å². The minimum atomic E-state index is -3.78. The van der Waals surface area contributed by atoms with Crippen LogP contribution in [0.2, 0.25) is 0 Å². The molecule has 0 atom stereocenters. The Hall–Kier alpha value is -2.35. The van der Waals surface area contributed by atoms with E-state index in [4.69, 9.17) is 0 Å². The molecule has 2 heterocycles. The normalized spacial score (nSPS) is 19.6. The second-order valence-electron chi connectivity index (χ2n) is 7.84. The van der Waals surface area contributed by atoms with Gasteiger partial charge in [-0.25, -0.2) is 13.1 Å². The SMILES string of the molecule is CC1(C)C(=O)Nc2ccc(S(=O)(=O)Nc3ccnn3C3CCCCC3)cc21. The maximum Gasteiger partial charge on any atom is 0.263 e. The van der Waals surface area contributed by atoms with E-state index in [1.165, 1.54) is 12.5 Å². The van der Waals surface area contributed by atoms with E-state index in [0.717, 1.165) is 25.7 Å². The van der Waals surface area contributed by atoms with Crippen molar-refractivity contribution in [3.63, 3.8) is 0 Å². The van der Waals surface area contributed by atoms with E-state index < -0.39 is 15.4 Å². The average molecular weight is 388 g/mol. The molecule has 2 N–H and O–H groups in total. The van der Waals surface area contributed by atoms with Gasteiger partial charge in [-0.1, -0.05) is 19.3 Å². The van der Waals surface area contributed by atoms with Crippen LogP contribution in [0.15, 0.2) is 35.4 Å². The fraction of sp³-hybridized carbons (Fsp3) is 0.474. The predicted molar refractivity (Wildman–Crippen MR) is 103 cm³/mol. The lowest BCUT2D eigenvalue weighted by molar-refractivity contribution is -0.119. The molecular weight excluding hydrogens is 364 g/mol. The molecule has 1 saturated carbocycles. The van der Waals surface area contributed by atoms with Crippen LogP contribution >= 0.6 is 0 Å². The summed E-state index contributed by atoms with van der Waals surface area (Å²) in [4.78, 5) is 12.2. The third-order valence-electron chi connectivity index (χ3n) is 5.62. The van der Waals surface area contributed by atoms with Crippen LogP contribution < -0.4 is 10.0 Å². The average Bonchev–Trinajstić information content (AvgIpc) is 3.18. The summed E-state index contributed by atoms with van der Waals surface area (Å²) in [5.41, 5.74) is 0.595. The Balaban J connectivity index is 1.64. The van der Waals surface area contributed by atoms with Crippen LogP contribution in [-0.2, 0) is 20.2 Å². The zero-order chi connectivity index (χ0) is 19.2. The summed E-state index contributed by atoms with van der Waals surface area (Å²) in [6, 6.07) is 6.66. The van der Waals surface area contributed by atoms with E-state index >= 15 is 0 Å². The number of benzene rings is 1. The fourth-order valence-corrected chi connectivity index (χ4v) is 5.00. The molecule has 4 rings (SSSR count). The first-order valence-electron chi connectivity index (χ1n) is 9.31. The first-order chi connectivity index (χ1) is 12.8. The van der Waals surface area contributed by atoms with Crippen LogP contribution in [0.5, 0.6) is 0 Å². The smallest absolute Gasteiger partial charge is 0.263 e. The second-order valence-corrected chi connectivity index (χ2v) is 9.53. The van der Waals surface area contributed by atoms with Gasteiger partial charge < -0.3 is 5.32 Å². The van der Waals surface area contributed by atoms with Gasteiger partial charge in [-0.2, -0.15) is 5.10 Å². The zero-order valence-corrected chi connectivity index (χ0v) is 16.3. The maximum atomic E-state index is 13.0. The first kappa shape index (κ1) is 18.0. The number of carbonyl (C=O) groups excluding carboxylic acids is 1. The van der Waals surface area contributed by atoms with Gasteiger partial charge >= 0.3 is 0 Å². The molecule has 1 aliphatic carbocycles. The van der Waals surface area contributed by atoms with Crippen molar-refractivity contribution in [3.05, 3.63) is 36.0 Å². The number of fused-ring (bicyclic) bond motifs is 1. The van der Waals surface area contributed by atoms with Gasteiger partial charge in [0.1, 0.15) is 5.82 Å². The van der Waals surface area contributed by atoms with Gasteiger partial charge in [0.05, 0.1) is 22.5 Å². The quantitative estimate of drug-likeness (QED) is 0.839. The number of hydrogen-bond donors (Lipinski definition) is 2. The highest BCUT2D eigenvalue weighted by Gasteiger charge is 2.39. The molecule has 1 aromatic heterocycles. The molecule has 7 nitrogen and oxygen atoms in total. The number of rotatable bonds is 4. The van der Waals surface area contributed by atoms with Crippen molar-refractivity contribution >= 4 is 27.4 Å². The van der Waals surface area contributed by atoms with E-state index in [1.807, 2.05) is 0 Å². The third-order valence-corrected chi connectivity index (χ3v) is 6.97. The van der Waals surface area contributed by atoms with Gasteiger partial charge in [-0.05, 0) is 50.5 Å². The highest BCUT2D eigenvalue weighted by molar-refractivity contribution is 7.92. The molecule has 27 heavy (non-hydrogen) atoms. The molecule has 0 spiro atoms. The van der Waals surface area contributed by atoms with Crippen molar-refractivity contribution < 1.29 is 13.2 Å². The number of sulfonamides is 1. The Morgan fingerprint density at radius 2 is 1.93 bits per heavy atom. The highest BCUT2D eigenvalue weighted by atomic mass is 32.2. The highest BCUT2D eigenvalue weighted by Crippen LogP contribution is 2.38. The molecule has 2 aliphatic rings. The Morgan fingerprint density at radius 3 is 2.67 bits per heavy atom. The van der Waals surface area contributed by atoms with Crippen LogP contribution in [0, 0.1) is 0 Å². The van der Waals surface area contributed by atoms with Gasteiger partial charge in [-0.15, -0.1) is 0 Å². The standard InChI is InChI=1S/C19H24N4O3S/c1-19(2)15-12-14(8-9-16(15)21-18(19)24)27(25,26)22-17-10-11-20-23(17)13-6-4-3-5-7-13/h8-13,22H,3-7H2,1-2H3,(H,21,24). The Morgan fingerprint density at radius 1 is 1.19 bits per heavy atom. The summed E-state index contributed by atoms with van der Waals surface area (Å²) >= 11 is 0. The van der Waals surface area contributed by atoms with E-state index in [0.29, 0.717) is 17.1 Å². The molecule has 144 valence electrons. The summed E-state index contributed by atoms with van der Waals surface area (Å²) in [5, 5.41) is 7.14. The number of anilines is 2. The van der Waals surface area contributed by atoms with Crippen molar-refractivity contribution in [2.24, 2.45) is 0 Å². The number of aromatic nitrogens is 2. The molecule has 0 saturated heterocycles. The Bertz CT molecular complexity index is 988. The topological polar surface area (TPSA) is 93.1 Å². The Kier molecular flexibility index (Phi) is 4.25. The van der Waals surface area contributed by atoms with Gasteiger partial charge in [0.15, 0.2) is 0 Å². The monoisotopic (exact) mass is 388 g/mol. The van der Waals surface area contributed by atoms with Crippen LogP contribution in [-0.4, -0.2) is 24.1 Å². The lowest BCUT2D eigenvalue weighted by atomic mass is 9.86. The predicted octanol–water partition coefficient (Wildman–Crippen LogP) is 3.42. The number of nitrogens with zero attached hydrogens (tertiary/aromatic N) is 2. The summed E-state index contributed by atoms with van der Waals surface area (Å²) in [6.45, 7) is 3.58. The summed E-state index contributed by atoms with van der Waals surface area (Å²) < 4.78 is 30.4. The fourth-order valence-electron chi connectivity index (χ4n) is 3.93. The van der Waals surface area contributed by atoms with E-state index in [1.54, 1.807) is 42.9 Å². The summed E-state index contributed by atoms with van der Waals surface area (Å²) in [6.07, 6.45) is 7.14. The van der Waals surface area contributed by atoms with Crippen LogP contribution in [0.3, 0.4) is 0 Å². The largest absolute Gasteiger partial charge is 0.325 e. The van der Waals surface area contributed by atoms with Gasteiger partial charge in [0, 0.05) is 11.8 Å². The minimum Gasteiger partial charge on any atom is -0.325 e. The molecule has 0 unspecified atom stereocenters. The van der Waals surface area contributed by atoms with E-state index in [-0.39, 0.29) is 16.8 Å². The third kappa shape index (κ3) is 3.12. The van der Waals surface area contributed by atoms with Crippen molar-refractivity contribution in [1.29, 1.82) is 0 Å². The molecule has 0 bridgehead atoms. The maximum absolute atomic E-state index is 13.0. The van der Waals surface area contributed by atoms with Gasteiger partial charge in [0.25, 0.3) is 10.0 Å². The number of hydrogen-bond acceptors (Lipinski definition) is 4. The van der Waals surface area contributed by atoms with Gasteiger partial charge in [-0.3, -0.25) is 9.52 Å². The molecule has 8 heteroatoms. The minimum absolute atomic E-state index is 0.129. The molecule has 1 aromatic carbocycles. The van der Waals surface area contributed by atoms with Crippen LogP contribution in [0.1, 0.15) is 57.6 Å². The van der Waals surface area contributed by atoms with Crippen LogP contribution in [0.25, 0.3) is 0 Å². The molecule has 2 aromatic rings. The van der Waals surface area contributed by atoms with Crippen molar-refractivity contribution in [3.8, 4) is 0 Å². The van der Waals surface area contributed by atoms with E-state index in [2.05, 4.69) is 15.1 Å². The second kappa shape index (κ2) is 6.37. The molecule has 1 amide bonds. The number of nitrogens with one attached hydrogen (secondary N) is 2. The number of amides is 1. The van der Waals surface area contributed by atoms with Gasteiger partial charge in [0.2, 0.25) is 5.91 Å². The molecular formula is C19H24N4O3S. The zero-order valence-electron chi connectivity index (χ0n) is 15.5. The molecule has 1 aliphatic heterocycles. The Labute approximate surface area is 159 Å². The lowest BCUT2D eigenvalue weighted by Crippen LogP contribution is -2.27. The number of carbonyl (C=O) groups is 1. The lowest BCUT2D eigenvalue weighted by Gasteiger charge is -2.24. The first-order valence-corrected chi connectivity index (χ1v) is 10.8. The molecule has 0 radical (unpaired) electrons. The van der Waals surface area contributed by atoms with Crippen LogP contribution in [0.4, 0.5) is 11.5 Å². The summed E-state index contributed by atoms with van der Waals surface area (Å²) in [5.74, 6) is 0.353.